The molecule has 1 aromatic carbocycles. The largest absolute Gasteiger partial charge is 0.318 e. The number of anilines is 1. The van der Waals surface area contributed by atoms with Crippen molar-refractivity contribution in [2.75, 3.05) is 25.6 Å². The van der Waals surface area contributed by atoms with Crippen molar-refractivity contribution in [3.05, 3.63) is 28.3 Å². The molecule has 1 aliphatic heterocycles. The van der Waals surface area contributed by atoms with Crippen molar-refractivity contribution in [2.45, 2.75) is 17.4 Å². The number of hydrogen-bond acceptors (Lipinski definition) is 7. The second-order valence-corrected chi connectivity index (χ2v) is 6.61. The molecule has 2 rings (SSSR count). The number of para-hydroxylation sites is 1. The summed E-state index contributed by atoms with van der Waals surface area (Å²) >= 11 is 0. The Balaban J connectivity index is 2.38. The minimum Gasteiger partial charge on any atom is -0.318 e. The van der Waals surface area contributed by atoms with Gasteiger partial charge in [0.1, 0.15) is 5.69 Å². The summed E-state index contributed by atoms with van der Waals surface area (Å²) in [6.45, 7) is 1.35. The molecule has 0 spiro atoms. The highest BCUT2D eigenvalue weighted by atomic mass is 32.2. The number of hydrazine groups is 1. The van der Waals surface area contributed by atoms with Crippen molar-refractivity contribution in [3.63, 3.8) is 0 Å². The van der Waals surface area contributed by atoms with Crippen molar-refractivity contribution >= 4 is 21.4 Å². The van der Waals surface area contributed by atoms with Crippen LogP contribution < -0.4 is 16.0 Å². The molecule has 1 unspecified atom stereocenters. The van der Waals surface area contributed by atoms with E-state index in [2.05, 4.69) is 10.1 Å². The van der Waals surface area contributed by atoms with Crippen LogP contribution in [0.4, 0.5) is 11.4 Å². The van der Waals surface area contributed by atoms with Crippen LogP contribution in [0.3, 0.4) is 0 Å². The number of nitrogen functional groups attached to an aromatic ring is 1. The van der Waals surface area contributed by atoms with Gasteiger partial charge < -0.3 is 10.3 Å². The number of rotatable bonds is 5. The second kappa shape index (κ2) is 5.93. The normalized spacial score (nSPS) is 19.6. The highest BCUT2D eigenvalue weighted by Gasteiger charge is 2.32. The van der Waals surface area contributed by atoms with E-state index in [1.165, 1.54) is 18.2 Å². The molecule has 0 aromatic heterocycles. The maximum Gasteiger partial charge on any atom is 0.313 e. The fraction of sp³-hybridized carbons (Fsp3) is 0.455. The summed E-state index contributed by atoms with van der Waals surface area (Å²) in [6, 6.07) is 3.69. The molecule has 0 amide bonds. The zero-order valence-electron chi connectivity index (χ0n) is 11.4. The Morgan fingerprint density at radius 1 is 1.48 bits per heavy atom. The van der Waals surface area contributed by atoms with E-state index < -0.39 is 25.5 Å². The molecule has 1 aliphatic rings. The maximum absolute atomic E-state index is 12.4. The SMILES string of the molecule is CN1CCC(NS(=O)(=O)c2cccc(NN)c2[N+](=O)[O-])C1. The van der Waals surface area contributed by atoms with Gasteiger partial charge in [0.25, 0.3) is 0 Å². The van der Waals surface area contributed by atoms with Crippen LogP contribution in [0.2, 0.25) is 0 Å². The third-order valence-corrected chi connectivity index (χ3v) is 4.89. The van der Waals surface area contributed by atoms with Crippen molar-refractivity contribution in [1.29, 1.82) is 0 Å². The van der Waals surface area contributed by atoms with Gasteiger partial charge in [0, 0.05) is 12.6 Å². The fourth-order valence-corrected chi connectivity index (χ4v) is 3.81. The highest BCUT2D eigenvalue weighted by Crippen LogP contribution is 2.31. The number of likely N-dealkylation sites (N-methyl/N-ethyl adjacent to an activating group) is 1. The molecule has 1 atom stereocenters. The lowest BCUT2D eigenvalue weighted by Crippen LogP contribution is -2.36. The quantitative estimate of drug-likeness (QED) is 0.391. The molecule has 9 nitrogen and oxygen atoms in total. The molecule has 0 radical (unpaired) electrons. The molecular formula is C11H17N5O4S. The van der Waals surface area contributed by atoms with Gasteiger partial charge in [-0.05, 0) is 32.1 Å². The summed E-state index contributed by atoms with van der Waals surface area (Å²) in [5.74, 6) is 5.21. The average molecular weight is 315 g/mol. The zero-order chi connectivity index (χ0) is 15.6. The van der Waals surface area contributed by atoms with Gasteiger partial charge in [0.05, 0.1) is 4.92 Å². The van der Waals surface area contributed by atoms with Crippen LogP contribution in [0.5, 0.6) is 0 Å². The van der Waals surface area contributed by atoms with Gasteiger partial charge in [0.2, 0.25) is 10.0 Å². The number of nitrogens with zero attached hydrogens (tertiary/aromatic N) is 2. The summed E-state index contributed by atoms with van der Waals surface area (Å²) in [6.07, 6.45) is 0.665. The summed E-state index contributed by atoms with van der Waals surface area (Å²) in [4.78, 5) is 12.0. The molecule has 1 fully saturated rings. The molecule has 21 heavy (non-hydrogen) atoms. The first-order valence-electron chi connectivity index (χ1n) is 6.30. The predicted molar refractivity (Wildman–Crippen MR) is 77.1 cm³/mol. The average Bonchev–Trinajstić information content (AvgIpc) is 2.82. The number of nitrogens with one attached hydrogen (secondary N) is 2. The number of sulfonamides is 1. The molecule has 0 aliphatic carbocycles. The van der Waals surface area contributed by atoms with Crippen molar-refractivity contribution in [1.82, 2.24) is 9.62 Å². The third kappa shape index (κ3) is 3.29. The van der Waals surface area contributed by atoms with Gasteiger partial charge in [-0.15, -0.1) is 0 Å². The third-order valence-electron chi connectivity index (χ3n) is 3.34. The summed E-state index contributed by atoms with van der Waals surface area (Å²) in [5.41, 5.74) is 1.54. The first-order valence-corrected chi connectivity index (χ1v) is 7.78. The Bertz CT molecular complexity index is 648. The minimum atomic E-state index is -3.99. The van der Waals surface area contributed by atoms with Crippen molar-refractivity contribution in [2.24, 2.45) is 5.84 Å². The first kappa shape index (κ1) is 15.6. The van der Waals surface area contributed by atoms with E-state index >= 15 is 0 Å². The molecule has 0 bridgehead atoms. The fourth-order valence-electron chi connectivity index (χ4n) is 2.36. The van der Waals surface area contributed by atoms with E-state index in [0.717, 1.165) is 6.54 Å². The molecular weight excluding hydrogens is 298 g/mol. The standard InChI is InChI=1S/C11H17N5O4S/c1-15-6-5-8(7-15)14-21(19,20)10-4-2-3-9(13-12)11(10)16(17)18/h2-4,8,13-14H,5-7,12H2,1H3. The zero-order valence-corrected chi connectivity index (χ0v) is 12.3. The number of nitrogens with two attached hydrogens (primary N) is 1. The monoisotopic (exact) mass is 315 g/mol. The van der Waals surface area contributed by atoms with E-state index in [-0.39, 0.29) is 11.7 Å². The lowest BCUT2D eigenvalue weighted by atomic mass is 10.3. The van der Waals surface area contributed by atoms with Crippen LogP contribution in [0, 0.1) is 10.1 Å². The maximum atomic E-state index is 12.4. The molecule has 1 aromatic rings. The Labute approximate surface area is 122 Å². The summed E-state index contributed by atoms with van der Waals surface area (Å²) in [5, 5.41) is 11.1. The Morgan fingerprint density at radius 3 is 2.71 bits per heavy atom. The Kier molecular flexibility index (Phi) is 4.42. The van der Waals surface area contributed by atoms with E-state index in [1.807, 2.05) is 11.9 Å². The summed E-state index contributed by atoms with van der Waals surface area (Å²) < 4.78 is 27.3. The number of benzene rings is 1. The minimum absolute atomic E-state index is 0.0496. The molecule has 1 heterocycles. The van der Waals surface area contributed by atoms with Gasteiger partial charge in [-0.2, -0.15) is 0 Å². The van der Waals surface area contributed by atoms with E-state index in [0.29, 0.717) is 13.0 Å². The molecule has 10 heteroatoms. The van der Waals surface area contributed by atoms with Gasteiger partial charge in [-0.25, -0.2) is 13.1 Å². The molecule has 4 N–H and O–H groups in total. The number of nitro groups is 1. The van der Waals surface area contributed by atoms with Gasteiger partial charge >= 0.3 is 5.69 Å². The van der Waals surface area contributed by atoms with Crippen molar-refractivity contribution < 1.29 is 13.3 Å². The lowest BCUT2D eigenvalue weighted by molar-refractivity contribution is -0.386. The Morgan fingerprint density at radius 2 is 2.19 bits per heavy atom. The van der Waals surface area contributed by atoms with Crippen molar-refractivity contribution in [3.8, 4) is 0 Å². The summed E-state index contributed by atoms with van der Waals surface area (Å²) in [7, 11) is -2.10. The van der Waals surface area contributed by atoms with Crippen LogP contribution in [0.15, 0.2) is 23.1 Å². The first-order chi connectivity index (χ1) is 9.85. The predicted octanol–water partition coefficient (Wildman–Crippen LogP) is -0.137. The van der Waals surface area contributed by atoms with Gasteiger partial charge in [-0.1, -0.05) is 6.07 Å². The number of nitro benzene ring substituents is 1. The molecule has 1 saturated heterocycles. The lowest BCUT2D eigenvalue weighted by Gasteiger charge is -2.14. The topological polar surface area (TPSA) is 131 Å². The van der Waals surface area contributed by atoms with Crippen LogP contribution >= 0.6 is 0 Å². The van der Waals surface area contributed by atoms with E-state index in [1.54, 1.807) is 0 Å². The number of hydrogen-bond donors (Lipinski definition) is 3. The molecule has 0 saturated carbocycles. The van der Waals surface area contributed by atoms with Gasteiger partial charge in [0.15, 0.2) is 4.90 Å². The molecule has 116 valence electrons. The van der Waals surface area contributed by atoms with E-state index in [4.69, 9.17) is 5.84 Å². The van der Waals surface area contributed by atoms with Crippen LogP contribution in [-0.4, -0.2) is 44.4 Å². The van der Waals surface area contributed by atoms with Gasteiger partial charge in [-0.3, -0.25) is 16.0 Å². The van der Waals surface area contributed by atoms with Crippen LogP contribution in [0.1, 0.15) is 6.42 Å². The van der Waals surface area contributed by atoms with E-state index in [9.17, 15) is 18.5 Å². The smallest absolute Gasteiger partial charge is 0.313 e. The Hall–Kier alpha value is -1.75. The number of likely N-dealkylation sites (tertiary alicyclic amines) is 1. The van der Waals surface area contributed by atoms with Crippen LogP contribution in [0.25, 0.3) is 0 Å². The van der Waals surface area contributed by atoms with Crippen LogP contribution in [-0.2, 0) is 10.0 Å². The second-order valence-electron chi connectivity index (χ2n) is 4.92. The highest BCUT2D eigenvalue weighted by molar-refractivity contribution is 7.89.